The second-order valence-corrected chi connectivity index (χ2v) is 5.37. The van der Waals surface area contributed by atoms with Crippen LogP contribution in [0.25, 0.3) is 0 Å². The molecule has 0 aromatic heterocycles. The molecule has 2 saturated carbocycles. The summed E-state index contributed by atoms with van der Waals surface area (Å²) >= 11 is 0. The van der Waals surface area contributed by atoms with Crippen molar-refractivity contribution in [3.05, 3.63) is 0 Å². The lowest BCUT2D eigenvalue weighted by atomic mass is 9.59. The molecule has 74 valence electrons. The van der Waals surface area contributed by atoms with Crippen LogP contribution >= 0.6 is 0 Å². The molecule has 0 saturated heterocycles. The predicted molar refractivity (Wildman–Crippen MR) is 53.5 cm³/mol. The van der Waals surface area contributed by atoms with Crippen LogP contribution in [-0.4, -0.2) is 5.78 Å². The third-order valence-electron chi connectivity index (χ3n) is 3.99. The van der Waals surface area contributed by atoms with Gasteiger partial charge in [0.25, 0.3) is 0 Å². The fourth-order valence-corrected chi connectivity index (χ4v) is 3.19. The average Bonchev–Trinajstić information content (AvgIpc) is 2.47. The van der Waals surface area contributed by atoms with Gasteiger partial charge in [0.2, 0.25) is 0 Å². The number of rotatable bonds is 2. The van der Waals surface area contributed by atoms with Crippen molar-refractivity contribution in [2.24, 2.45) is 17.3 Å². The van der Waals surface area contributed by atoms with Gasteiger partial charge in [0.15, 0.2) is 0 Å². The quantitative estimate of drug-likeness (QED) is 0.638. The molecule has 2 fully saturated rings. The van der Waals surface area contributed by atoms with Crippen molar-refractivity contribution >= 4 is 5.78 Å². The molecule has 2 aliphatic rings. The number of hydrogen-bond donors (Lipinski definition) is 0. The maximum Gasteiger partial charge on any atom is 0.138 e. The van der Waals surface area contributed by atoms with Crippen LogP contribution in [0, 0.1) is 17.3 Å². The lowest BCUT2D eigenvalue weighted by Crippen LogP contribution is -2.40. The first-order chi connectivity index (χ1) is 6.13. The fraction of sp³-hybridized carbons (Fsp3) is 0.917. The summed E-state index contributed by atoms with van der Waals surface area (Å²) in [6, 6.07) is 0. The Morgan fingerprint density at radius 2 is 1.77 bits per heavy atom. The van der Waals surface area contributed by atoms with Crippen LogP contribution in [0.3, 0.4) is 0 Å². The van der Waals surface area contributed by atoms with E-state index in [2.05, 4.69) is 0 Å². The molecule has 2 rings (SSSR count). The Bertz CT molecular complexity index is 203. The molecular formula is C12H20O. The van der Waals surface area contributed by atoms with Gasteiger partial charge in [0.1, 0.15) is 5.78 Å². The summed E-state index contributed by atoms with van der Waals surface area (Å²) in [4.78, 5) is 11.7. The van der Waals surface area contributed by atoms with E-state index in [9.17, 15) is 4.79 Å². The Kier molecular flexibility index (Phi) is 2.21. The third kappa shape index (κ3) is 1.53. The summed E-state index contributed by atoms with van der Waals surface area (Å²) in [5.41, 5.74) is 0.634. The van der Waals surface area contributed by atoms with Gasteiger partial charge in [0, 0.05) is 11.8 Å². The van der Waals surface area contributed by atoms with Crippen LogP contribution in [0.2, 0.25) is 0 Å². The molecule has 0 amide bonds. The zero-order chi connectivity index (χ0) is 9.47. The van der Waals surface area contributed by atoms with Gasteiger partial charge in [-0.05, 0) is 31.1 Å². The van der Waals surface area contributed by atoms with E-state index in [-0.39, 0.29) is 5.92 Å². The van der Waals surface area contributed by atoms with Gasteiger partial charge in [-0.3, -0.25) is 4.79 Å². The number of carbonyl (C=O) groups excluding carboxylic acids is 1. The second kappa shape index (κ2) is 3.11. The lowest BCUT2D eigenvalue weighted by molar-refractivity contribution is -0.133. The molecule has 0 heterocycles. The normalized spacial score (nSPS) is 26.7. The highest BCUT2D eigenvalue weighted by Crippen LogP contribution is 2.56. The minimum Gasteiger partial charge on any atom is -0.299 e. The van der Waals surface area contributed by atoms with Crippen molar-refractivity contribution in [2.75, 3.05) is 0 Å². The number of hydrogen-bond acceptors (Lipinski definition) is 1. The molecule has 0 bridgehead atoms. The largest absolute Gasteiger partial charge is 0.299 e. The van der Waals surface area contributed by atoms with Crippen molar-refractivity contribution in [3.8, 4) is 0 Å². The highest BCUT2D eigenvalue weighted by atomic mass is 16.1. The summed E-state index contributed by atoms with van der Waals surface area (Å²) in [5.74, 6) is 1.19. The van der Waals surface area contributed by atoms with Gasteiger partial charge >= 0.3 is 0 Å². The van der Waals surface area contributed by atoms with Gasteiger partial charge in [0.05, 0.1) is 0 Å². The molecule has 0 aromatic carbocycles. The smallest absolute Gasteiger partial charge is 0.138 e. The van der Waals surface area contributed by atoms with Crippen LogP contribution in [0.4, 0.5) is 0 Å². The van der Waals surface area contributed by atoms with Gasteiger partial charge in [-0.25, -0.2) is 0 Å². The van der Waals surface area contributed by atoms with Gasteiger partial charge in [-0.1, -0.05) is 26.7 Å². The van der Waals surface area contributed by atoms with Crippen LogP contribution in [0.5, 0.6) is 0 Å². The van der Waals surface area contributed by atoms with Crippen molar-refractivity contribution in [1.82, 2.24) is 0 Å². The van der Waals surface area contributed by atoms with E-state index in [1.54, 1.807) is 0 Å². The van der Waals surface area contributed by atoms with Crippen LogP contribution in [0.1, 0.15) is 52.4 Å². The van der Waals surface area contributed by atoms with E-state index in [0.717, 1.165) is 0 Å². The Morgan fingerprint density at radius 3 is 2.23 bits per heavy atom. The minimum atomic E-state index is 0.253. The summed E-state index contributed by atoms with van der Waals surface area (Å²) in [7, 11) is 0. The molecule has 0 N–H and O–H groups in total. The SMILES string of the molecule is CC(C)C(=O)C1CC2(CCCC2)C1. The molecule has 2 aliphatic carbocycles. The van der Waals surface area contributed by atoms with Crippen molar-refractivity contribution < 1.29 is 4.79 Å². The molecule has 0 aliphatic heterocycles. The highest BCUT2D eigenvalue weighted by Gasteiger charge is 2.48. The van der Waals surface area contributed by atoms with Gasteiger partial charge in [-0.2, -0.15) is 0 Å². The topological polar surface area (TPSA) is 17.1 Å². The molecular weight excluding hydrogens is 160 g/mol. The van der Waals surface area contributed by atoms with Crippen LogP contribution in [-0.2, 0) is 4.79 Å². The molecule has 0 atom stereocenters. The van der Waals surface area contributed by atoms with E-state index in [1.165, 1.54) is 38.5 Å². The first kappa shape index (κ1) is 9.23. The molecule has 0 radical (unpaired) electrons. The van der Waals surface area contributed by atoms with Crippen LogP contribution < -0.4 is 0 Å². The first-order valence-electron chi connectivity index (χ1n) is 5.67. The maximum absolute atomic E-state index is 11.7. The maximum atomic E-state index is 11.7. The monoisotopic (exact) mass is 180 g/mol. The Balaban J connectivity index is 1.87. The van der Waals surface area contributed by atoms with E-state index in [4.69, 9.17) is 0 Å². The third-order valence-corrected chi connectivity index (χ3v) is 3.99. The molecule has 1 heteroatoms. The molecule has 1 spiro atoms. The summed E-state index contributed by atoms with van der Waals surface area (Å²) in [6.45, 7) is 4.06. The van der Waals surface area contributed by atoms with Gasteiger partial charge in [-0.15, -0.1) is 0 Å². The van der Waals surface area contributed by atoms with Crippen LogP contribution in [0.15, 0.2) is 0 Å². The molecule has 0 aromatic rings. The standard InChI is InChI=1S/C12H20O/c1-9(2)11(13)10-7-12(8-10)5-3-4-6-12/h9-10H,3-8H2,1-2H3. The fourth-order valence-electron chi connectivity index (χ4n) is 3.19. The van der Waals surface area contributed by atoms with Crippen molar-refractivity contribution in [1.29, 1.82) is 0 Å². The van der Waals surface area contributed by atoms with Crippen molar-refractivity contribution in [3.63, 3.8) is 0 Å². The summed E-state index contributed by atoms with van der Waals surface area (Å²) < 4.78 is 0. The van der Waals surface area contributed by atoms with E-state index >= 15 is 0 Å². The first-order valence-corrected chi connectivity index (χ1v) is 5.67. The zero-order valence-electron chi connectivity index (χ0n) is 8.81. The molecule has 13 heavy (non-hydrogen) atoms. The summed E-state index contributed by atoms with van der Waals surface area (Å²) in [5, 5.41) is 0. The average molecular weight is 180 g/mol. The van der Waals surface area contributed by atoms with E-state index in [1.807, 2.05) is 13.8 Å². The Morgan fingerprint density at radius 1 is 1.23 bits per heavy atom. The second-order valence-electron chi connectivity index (χ2n) is 5.37. The summed E-state index contributed by atoms with van der Waals surface area (Å²) in [6.07, 6.45) is 8.03. The zero-order valence-corrected chi connectivity index (χ0v) is 8.81. The number of ketones is 1. The predicted octanol–water partition coefficient (Wildman–Crippen LogP) is 3.18. The van der Waals surface area contributed by atoms with Crippen molar-refractivity contribution in [2.45, 2.75) is 52.4 Å². The Labute approximate surface area is 80.9 Å². The highest BCUT2D eigenvalue weighted by molar-refractivity contribution is 5.83. The van der Waals surface area contributed by atoms with E-state index in [0.29, 0.717) is 17.1 Å². The Hall–Kier alpha value is -0.330. The number of Topliss-reactive ketones (excluding diaryl/α,β-unsaturated/α-hetero) is 1. The minimum absolute atomic E-state index is 0.253. The molecule has 1 nitrogen and oxygen atoms in total. The van der Waals surface area contributed by atoms with E-state index < -0.39 is 0 Å². The van der Waals surface area contributed by atoms with Gasteiger partial charge < -0.3 is 0 Å². The molecule has 0 unspecified atom stereocenters. The number of carbonyl (C=O) groups is 1. The lowest BCUT2D eigenvalue weighted by Gasteiger charge is -2.45.